The van der Waals surface area contributed by atoms with Gasteiger partial charge in [-0.2, -0.15) is 0 Å². The van der Waals surface area contributed by atoms with Crippen LogP contribution in [0.5, 0.6) is 0 Å². The Balaban J connectivity index is 1.95. The number of para-hydroxylation sites is 2. The molecule has 0 bridgehead atoms. The summed E-state index contributed by atoms with van der Waals surface area (Å²) in [6.07, 6.45) is 2.47. The molecule has 7 heteroatoms. The molecular formula is C20H19Cl2N3O2. The first kappa shape index (κ1) is 19.4. The molecule has 0 saturated heterocycles. The van der Waals surface area contributed by atoms with Gasteiger partial charge in [-0.3, -0.25) is 4.79 Å². The highest BCUT2D eigenvalue weighted by atomic mass is 35.5. The lowest BCUT2D eigenvalue weighted by molar-refractivity contribution is -0.115. The number of nitrogens with one attached hydrogen (secondary N) is 2. The van der Waals surface area contributed by atoms with Gasteiger partial charge in [-0.1, -0.05) is 41.4 Å². The number of hydrogen-bond donors (Lipinski definition) is 2. The Hall–Kier alpha value is -2.34. The molecule has 0 aliphatic heterocycles. The minimum absolute atomic E-state index is 0.226. The van der Waals surface area contributed by atoms with Gasteiger partial charge < -0.3 is 15.0 Å². The third-order valence-electron chi connectivity index (χ3n) is 3.95. The first-order valence-corrected chi connectivity index (χ1v) is 9.23. The van der Waals surface area contributed by atoms with Crippen molar-refractivity contribution in [2.75, 3.05) is 20.3 Å². The summed E-state index contributed by atoms with van der Waals surface area (Å²) in [4.78, 5) is 20.5. The van der Waals surface area contributed by atoms with Crippen molar-refractivity contribution in [3.05, 3.63) is 63.9 Å². The number of fused-ring (bicyclic) bond motifs is 1. The van der Waals surface area contributed by atoms with Crippen molar-refractivity contribution >= 4 is 51.8 Å². The van der Waals surface area contributed by atoms with Crippen molar-refractivity contribution in [1.82, 2.24) is 15.3 Å². The Morgan fingerprint density at radius 2 is 2.04 bits per heavy atom. The molecule has 0 fully saturated rings. The molecule has 0 atom stereocenters. The fourth-order valence-electron chi connectivity index (χ4n) is 2.60. The second kappa shape index (κ2) is 9.04. The molecule has 5 nitrogen and oxygen atoms in total. The molecule has 0 aliphatic rings. The van der Waals surface area contributed by atoms with Crippen LogP contribution < -0.4 is 5.32 Å². The van der Waals surface area contributed by atoms with E-state index in [1.807, 2.05) is 24.3 Å². The average molecular weight is 404 g/mol. The maximum absolute atomic E-state index is 12.8. The lowest BCUT2D eigenvalue weighted by Crippen LogP contribution is -2.26. The predicted molar refractivity (Wildman–Crippen MR) is 110 cm³/mol. The zero-order valence-electron chi connectivity index (χ0n) is 14.8. The van der Waals surface area contributed by atoms with Crippen LogP contribution in [0.2, 0.25) is 10.0 Å². The number of methoxy groups -OCH3 is 1. The van der Waals surface area contributed by atoms with Gasteiger partial charge in [-0.15, -0.1) is 0 Å². The molecule has 140 valence electrons. The molecule has 1 aromatic heterocycles. The highest BCUT2D eigenvalue weighted by Crippen LogP contribution is 2.26. The average Bonchev–Trinajstić information content (AvgIpc) is 3.09. The van der Waals surface area contributed by atoms with E-state index in [-0.39, 0.29) is 5.91 Å². The number of rotatable bonds is 7. The minimum atomic E-state index is -0.226. The number of amides is 1. The summed E-state index contributed by atoms with van der Waals surface area (Å²) in [6, 6.07) is 12.8. The summed E-state index contributed by atoms with van der Waals surface area (Å²) < 4.78 is 5.02. The van der Waals surface area contributed by atoms with E-state index in [1.54, 1.807) is 31.4 Å². The van der Waals surface area contributed by atoms with Crippen LogP contribution in [-0.2, 0) is 9.53 Å². The first-order valence-electron chi connectivity index (χ1n) is 8.47. The molecule has 1 amide bonds. The number of aromatic amines is 1. The molecule has 3 rings (SSSR count). The van der Waals surface area contributed by atoms with Crippen molar-refractivity contribution in [1.29, 1.82) is 0 Å². The third-order valence-corrected chi connectivity index (χ3v) is 4.69. The molecule has 0 unspecified atom stereocenters. The highest BCUT2D eigenvalue weighted by molar-refractivity contribution is 6.42. The van der Waals surface area contributed by atoms with Gasteiger partial charge in [0.15, 0.2) is 0 Å². The number of hydrogen-bond acceptors (Lipinski definition) is 3. The van der Waals surface area contributed by atoms with E-state index < -0.39 is 0 Å². The smallest absolute Gasteiger partial charge is 0.255 e. The molecular weight excluding hydrogens is 385 g/mol. The van der Waals surface area contributed by atoms with Crippen LogP contribution in [0.3, 0.4) is 0 Å². The third kappa shape index (κ3) is 4.89. The molecule has 0 radical (unpaired) electrons. The molecule has 0 saturated carbocycles. The Bertz CT molecular complexity index is 949. The number of benzene rings is 2. The van der Waals surface area contributed by atoms with Gasteiger partial charge >= 0.3 is 0 Å². The van der Waals surface area contributed by atoms with Crippen LogP contribution >= 0.6 is 23.2 Å². The van der Waals surface area contributed by atoms with E-state index in [9.17, 15) is 4.79 Å². The summed E-state index contributed by atoms with van der Waals surface area (Å²) in [5.74, 6) is 0.266. The normalized spacial score (nSPS) is 11.7. The summed E-state index contributed by atoms with van der Waals surface area (Å²) in [5, 5.41) is 3.79. The van der Waals surface area contributed by atoms with Gasteiger partial charge in [0.05, 0.1) is 26.7 Å². The van der Waals surface area contributed by atoms with Crippen molar-refractivity contribution in [3.63, 3.8) is 0 Å². The maximum atomic E-state index is 12.8. The van der Waals surface area contributed by atoms with Crippen molar-refractivity contribution in [2.24, 2.45) is 0 Å². The predicted octanol–water partition coefficient (Wildman–Crippen LogP) is 4.56. The monoisotopic (exact) mass is 403 g/mol. The van der Waals surface area contributed by atoms with Crippen molar-refractivity contribution < 1.29 is 9.53 Å². The second-order valence-electron chi connectivity index (χ2n) is 5.94. The largest absolute Gasteiger partial charge is 0.385 e. The van der Waals surface area contributed by atoms with Crippen LogP contribution in [0, 0.1) is 0 Å². The van der Waals surface area contributed by atoms with Crippen molar-refractivity contribution in [3.8, 4) is 0 Å². The molecule has 0 aliphatic carbocycles. The van der Waals surface area contributed by atoms with Crippen LogP contribution in [0.4, 0.5) is 0 Å². The van der Waals surface area contributed by atoms with E-state index in [0.29, 0.717) is 34.6 Å². The van der Waals surface area contributed by atoms with Gasteiger partial charge in [0.25, 0.3) is 5.91 Å². The van der Waals surface area contributed by atoms with Gasteiger partial charge in [-0.05, 0) is 42.3 Å². The fourth-order valence-corrected chi connectivity index (χ4v) is 2.91. The number of imidazole rings is 1. The summed E-state index contributed by atoms with van der Waals surface area (Å²) in [5.41, 5.74) is 2.83. The van der Waals surface area contributed by atoms with Crippen LogP contribution in [-0.4, -0.2) is 36.1 Å². The SMILES string of the molecule is COCCCNC(=O)/C(=C/c1ccc(Cl)c(Cl)c1)c1nc2ccccc2[nH]1. The van der Waals surface area contributed by atoms with Crippen LogP contribution in [0.25, 0.3) is 22.7 Å². The number of carbonyl (C=O) groups is 1. The lowest BCUT2D eigenvalue weighted by atomic mass is 10.1. The zero-order chi connectivity index (χ0) is 19.2. The minimum Gasteiger partial charge on any atom is -0.385 e. The molecule has 0 spiro atoms. The lowest BCUT2D eigenvalue weighted by Gasteiger charge is -2.08. The zero-order valence-corrected chi connectivity index (χ0v) is 16.3. The number of nitrogens with zero attached hydrogens (tertiary/aromatic N) is 1. The van der Waals surface area contributed by atoms with Gasteiger partial charge in [0, 0.05) is 20.3 Å². The number of halogens is 2. The Morgan fingerprint density at radius 3 is 2.78 bits per heavy atom. The molecule has 2 N–H and O–H groups in total. The first-order chi connectivity index (χ1) is 13.1. The van der Waals surface area contributed by atoms with E-state index >= 15 is 0 Å². The van der Waals surface area contributed by atoms with E-state index in [4.69, 9.17) is 27.9 Å². The van der Waals surface area contributed by atoms with Gasteiger partial charge in [0.1, 0.15) is 5.82 Å². The van der Waals surface area contributed by atoms with Crippen molar-refractivity contribution in [2.45, 2.75) is 6.42 Å². The highest BCUT2D eigenvalue weighted by Gasteiger charge is 2.16. The molecule has 1 heterocycles. The standard InChI is InChI=1S/C20H19Cl2N3O2/c1-27-10-4-9-23-20(26)14(11-13-7-8-15(21)16(22)12-13)19-24-17-5-2-3-6-18(17)25-19/h2-3,5-8,11-12H,4,9-10H2,1H3,(H,23,26)(H,24,25)/b14-11+. The quantitative estimate of drug-likeness (QED) is 0.448. The van der Waals surface area contributed by atoms with E-state index in [2.05, 4.69) is 15.3 Å². The number of carbonyl (C=O) groups excluding carboxylic acids is 1. The van der Waals surface area contributed by atoms with E-state index in [1.165, 1.54) is 0 Å². The summed E-state index contributed by atoms with van der Waals surface area (Å²) >= 11 is 12.1. The summed E-state index contributed by atoms with van der Waals surface area (Å²) in [6.45, 7) is 1.09. The molecule has 27 heavy (non-hydrogen) atoms. The fraction of sp³-hybridized carbons (Fsp3) is 0.200. The second-order valence-corrected chi connectivity index (χ2v) is 6.75. The summed E-state index contributed by atoms with van der Waals surface area (Å²) in [7, 11) is 1.63. The molecule has 3 aromatic rings. The van der Waals surface area contributed by atoms with Gasteiger partial charge in [-0.25, -0.2) is 4.98 Å². The number of ether oxygens (including phenoxy) is 1. The van der Waals surface area contributed by atoms with Gasteiger partial charge in [0.2, 0.25) is 0 Å². The Kier molecular flexibility index (Phi) is 6.50. The van der Waals surface area contributed by atoms with Crippen LogP contribution in [0.1, 0.15) is 17.8 Å². The molecule has 2 aromatic carbocycles. The van der Waals surface area contributed by atoms with Crippen LogP contribution in [0.15, 0.2) is 42.5 Å². The number of H-pyrrole nitrogens is 1. The maximum Gasteiger partial charge on any atom is 0.255 e. The Labute approximate surface area is 167 Å². The number of aromatic nitrogens is 2. The Morgan fingerprint density at radius 1 is 1.22 bits per heavy atom. The van der Waals surface area contributed by atoms with E-state index in [0.717, 1.165) is 23.0 Å². The topological polar surface area (TPSA) is 67.0 Å².